The Hall–Kier alpha value is -2.43. The number of carbonyl (C=O) groups excluding carboxylic acids is 1. The average Bonchev–Trinajstić information content (AvgIpc) is 2.58. The first kappa shape index (κ1) is 17.9. The summed E-state index contributed by atoms with van der Waals surface area (Å²) < 4.78 is 6.92. The lowest BCUT2D eigenvalue weighted by molar-refractivity contribution is -0.116. The highest BCUT2D eigenvalue weighted by Gasteiger charge is 2.19. The minimum atomic E-state index is -0.506. The number of aromatic nitrogens is 1. The predicted octanol–water partition coefficient (Wildman–Crippen LogP) is 2.58. The van der Waals surface area contributed by atoms with E-state index in [1.807, 2.05) is 12.1 Å². The maximum atomic E-state index is 12.5. The fraction of sp³-hybridized carbons (Fsp3) is 0.235. The summed E-state index contributed by atoms with van der Waals surface area (Å²) in [5.41, 5.74) is 1.16. The molecule has 7 heteroatoms. The second-order valence-electron chi connectivity index (χ2n) is 5.10. The van der Waals surface area contributed by atoms with Gasteiger partial charge in [0.1, 0.15) is 18.2 Å². The van der Waals surface area contributed by atoms with Crippen LogP contribution >= 0.6 is 15.9 Å². The maximum absolute atomic E-state index is 12.5. The van der Waals surface area contributed by atoms with Gasteiger partial charge in [-0.3, -0.25) is 9.59 Å². The molecule has 1 amide bonds. The van der Waals surface area contributed by atoms with Gasteiger partial charge in [0, 0.05) is 28.5 Å². The molecule has 1 aromatic carbocycles. The molecule has 0 saturated heterocycles. The Labute approximate surface area is 147 Å². The summed E-state index contributed by atoms with van der Waals surface area (Å²) in [5, 5.41) is 12.0. The summed E-state index contributed by atoms with van der Waals surface area (Å²) >= 11 is 3.39. The standard InChI is InChI=1S/C17H16BrN3O3/c1-11-16(18)14(10-24-2)13(8-19)17(23)21(11)9-15(22)20-12-6-4-3-5-7-12/h3-7H,9-10H2,1-2H3,(H,20,22). The molecular formula is C17H16BrN3O3. The molecule has 0 atom stereocenters. The number of methoxy groups -OCH3 is 1. The zero-order chi connectivity index (χ0) is 17.7. The number of hydrogen-bond acceptors (Lipinski definition) is 4. The van der Waals surface area contributed by atoms with Crippen molar-refractivity contribution in [1.82, 2.24) is 4.57 Å². The molecule has 1 aromatic heterocycles. The van der Waals surface area contributed by atoms with Crippen LogP contribution in [0.3, 0.4) is 0 Å². The van der Waals surface area contributed by atoms with E-state index in [1.54, 1.807) is 31.2 Å². The van der Waals surface area contributed by atoms with Gasteiger partial charge in [0.15, 0.2) is 0 Å². The molecule has 0 unspecified atom stereocenters. The van der Waals surface area contributed by atoms with Gasteiger partial charge < -0.3 is 14.6 Å². The third kappa shape index (κ3) is 3.72. The Morgan fingerprint density at radius 3 is 2.62 bits per heavy atom. The number of rotatable bonds is 5. The largest absolute Gasteiger partial charge is 0.380 e. The van der Waals surface area contributed by atoms with Gasteiger partial charge >= 0.3 is 0 Å². The van der Waals surface area contributed by atoms with Crippen LogP contribution in [0.4, 0.5) is 5.69 Å². The molecule has 0 aliphatic carbocycles. The molecule has 1 heterocycles. The van der Waals surface area contributed by atoms with E-state index < -0.39 is 5.56 Å². The summed E-state index contributed by atoms with van der Waals surface area (Å²) in [6.45, 7) is 1.66. The Morgan fingerprint density at radius 2 is 2.04 bits per heavy atom. The SMILES string of the molecule is COCc1c(Br)c(C)n(CC(=O)Nc2ccccc2)c(=O)c1C#N. The van der Waals surface area contributed by atoms with E-state index in [0.717, 1.165) is 0 Å². The van der Waals surface area contributed by atoms with Gasteiger partial charge in [-0.1, -0.05) is 18.2 Å². The lowest BCUT2D eigenvalue weighted by atomic mass is 10.1. The molecule has 2 rings (SSSR count). The van der Waals surface area contributed by atoms with E-state index in [0.29, 0.717) is 21.4 Å². The Morgan fingerprint density at radius 1 is 1.38 bits per heavy atom. The maximum Gasteiger partial charge on any atom is 0.269 e. The van der Waals surface area contributed by atoms with Crippen molar-refractivity contribution in [3.8, 4) is 6.07 Å². The minimum absolute atomic E-state index is 0.0261. The Bertz CT molecular complexity index is 854. The minimum Gasteiger partial charge on any atom is -0.380 e. The van der Waals surface area contributed by atoms with Crippen molar-refractivity contribution in [1.29, 1.82) is 5.26 Å². The molecule has 0 saturated carbocycles. The van der Waals surface area contributed by atoms with Gasteiger partial charge in [0.05, 0.1) is 6.61 Å². The van der Waals surface area contributed by atoms with Crippen molar-refractivity contribution in [2.75, 3.05) is 12.4 Å². The van der Waals surface area contributed by atoms with Crippen molar-refractivity contribution in [2.24, 2.45) is 0 Å². The first-order valence-electron chi connectivity index (χ1n) is 7.15. The fourth-order valence-electron chi connectivity index (χ4n) is 2.31. The molecule has 0 bridgehead atoms. The Kier molecular flexibility index (Phi) is 5.90. The van der Waals surface area contributed by atoms with E-state index >= 15 is 0 Å². The van der Waals surface area contributed by atoms with E-state index in [1.165, 1.54) is 11.7 Å². The summed E-state index contributed by atoms with van der Waals surface area (Å²) in [4.78, 5) is 24.8. The van der Waals surface area contributed by atoms with Gasteiger partial charge in [-0.15, -0.1) is 0 Å². The number of nitrogens with zero attached hydrogens (tertiary/aromatic N) is 2. The number of hydrogen-bond donors (Lipinski definition) is 1. The number of carbonyl (C=O) groups is 1. The van der Waals surface area contributed by atoms with Crippen LogP contribution < -0.4 is 10.9 Å². The number of pyridine rings is 1. The van der Waals surface area contributed by atoms with E-state index in [-0.39, 0.29) is 24.6 Å². The van der Waals surface area contributed by atoms with Gasteiger partial charge in [0.25, 0.3) is 5.56 Å². The molecule has 0 aliphatic rings. The van der Waals surface area contributed by atoms with Crippen molar-refractivity contribution in [2.45, 2.75) is 20.1 Å². The zero-order valence-electron chi connectivity index (χ0n) is 13.3. The van der Waals surface area contributed by atoms with Crippen molar-refractivity contribution in [3.63, 3.8) is 0 Å². The fourth-order valence-corrected chi connectivity index (χ4v) is 2.84. The van der Waals surface area contributed by atoms with Crippen LogP contribution in [0.5, 0.6) is 0 Å². The normalized spacial score (nSPS) is 10.2. The summed E-state index contributed by atoms with van der Waals surface area (Å²) in [7, 11) is 1.49. The number of benzene rings is 1. The van der Waals surface area contributed by atoms with Crippen molar-refractivity contribution < 1.29 is 9.53 Å². The molecule has 0 aliphatic heterocycles. The van der Waals surface area contributed by atoms with Crippen LogP contribution in [0, 0.1) is 18.3 Å². The number of amides is 1. The van der Waals surface area contributed by atoms with Crippen LogP contribution in [0.1, 0.15) is 16.8 Å². The summed E-state index contributed by atoms with van der Waals surface area (Å²) in [6, 6.07) is 10.9. The highest BCUT2D eigenvalue weighted by atomic mass is 79.9. The van der Waals surface area contributed by atoms with Crippen molar-refractivity contribution >= 4 is 27.5 Å². The van der Waals surface area contributed by atoms with E-state index in [9.17, 15) is 14.9 Å². The highest BCUT2D eigenvalue weighted by Crippen LogP contribution is 2.23. The van der Waals surface area contributed by atoms with Gasteiger partial charge in [-0.2, -0.15) is 5.26 Å². The lowest BCUT2D eigenvalue weighted by Crippen LogP contribution is -2.32. The highest BCUT2D eigenvalue weighted by molar-refractivity contribution is 9.10. The van der Waals surface area contributed by atoms with E-state index in [4.69, 9.17) is 4.74 Å². The second-order valence-corrected chi connectivity index (χ2v) is 5.90. The average molecular weight is 390 g/mol. The number of ether oxygens (including phenoxy) is 1. The number of anilines is 1. The third-order valence-electron chi connectivity index (χ3n) is 3.51. The number of halogens is 1. The second kappa shape index (κ2) is 7.90. The molecule has 6 nitrogen and oxygen atoms in total. The predicted molar refractivity (Wildman–Crippen MR) is 93.6 cm³/mol. The van der Waals surface area contributed by atoms with E-state index in [2.05, 4.69) is 21.2 Å². The summed E-state index contributed by atoms with van der Waals surface area (Å²) in [5.74, 6) is -0.346. The molecule has 0 spiro atoms. The van der Waals surface area contributed by atoms with Crippen LogP contribution in [0.25, 0.3) is 0 Å². The monoisotopic (exact) mass is 389 g/mol. The van der Waals surface area contributed by atoms with Crippen LogP contribution in [-0.4, -0.2) is 17.6 Å². The smallest absolute Gasteiger partial charge is 0.269 e. The molecule has 0 radical (unpaired) electrons. The molecule has 2 aromatic rings. The van der Waals surface area contributed by atoms with Gasteiger partial charge in [-0.25, -0.2) is 0 Å². The first-order valence-corrected chi connectivity index (χ1v) is 7.94. The third-order valence-corrected chi connectivity index (χ3v) is 4.56. The molecule has 24 heavy (non-hydrogen) atoms. The van der Waals surface area contributed by atoms with Crippen LogP contribution in [0.15, 0.2) is 39.6 Å². The van der Waals surface area contributed by atoms with Crippen LogP contribution in [0.2, 0.25) is 0 Å². The quantitative estimate of drug-likeness (QED) is 0.851. The summed E-state index contributed by atoms with van der Waals surface area (Å²) in [6.07, 6.45) is 0. The molecule has 1 N–H and O–H groups in total. The topological polar surface area (TPSA) is 84.1 Å². The number of nitrogens with one attached hydrogen (secondary N) is 1. The van der Waals surface area contributed by atoms with Gasteiger partial charge in [0.2, 0.25) is 5.91 Å². The number of para-hydroxylation sites is 1. The molecule has 124 valence electrons. The lowest BCUT2D eigenvalue weighted by Gasteiger charge is -2.16. The number of nitriles is 1. The van der Waals surface area contributed by atoms with Crippen molar-refractivity contribution in [3.05, 3.63) is 62.0 Å². The van der Waals surface area contributed by atoms with Gasteiger partial charge in [-0.05, 0) is 35.0 Å². The zero-order valence-corrected chi connectivity index (χ0v) is 14.9. The molecule has 0 fully saturated rings. The first-order chi connectivity index (χ1) is 11.5. The van der Waals surface area contributed by atoms with Crippen LogP contribution in [-0.2, 0) is 22.7 Å². The molecular weight excluding hydrogens is 374 g/mol. The Balaban J connectivity index is 2.37.